The van der Waals surface area contributed by atoms with Crippen LogP contribution >= 0.6 is 15.9 Å². The first-order valence-electron chi connectivity index (χ1n) is 7.71. The highest BCUT2D eigenvalue weighted by molar-refractivity contribution is 9.10. The molecule has 0 spiro atoms. The van der Waals surface area contributed by atoms with E-state index in [2.05, 4.69) is 15.9 Å². The molecule has 3 rings (SSSR count). The van der Waals surface area contributed by atoms with Crippen molar-refractivity contribution in [2.75, 3.05) is 0 Å². The van der Waals surface area contributed by atoms with Crippen molar-refractivity contribution in [3.63, 3.8) is 0 Å². The van der Waals surface area contributed by atoms with E-state index in [1.54, 1.807) is 30.3 Å². The third kappa shape index (κ3) is 4.53. The summed E-state index contributed by atoms with van der Waals surface area (Å²) in [5.74, 6) is -1.07. The molecule has 0 saturated carbocycles. The monoisotopic (exact) mass is 449 g/mol. The number of halogens is 2. The fourth-order valence-corrected chi connectivity index (χ4v) is 4.27. The van der Waals surface area contributed by atoms with Crippen LogP contribution in [0.5, 0.6) is 11.5 Å². The summed E-state index contributed by atoms with van der Waals surface area (Å²) in [7, 11) is -4.10. The molecule has 27 heavy (non-hydrogen) atoms. The number of nitrogens with one attached hydrogen (secondary N) is 1. The first-order valence-corrected chi connectivity index (χ1v) is 9.98. The van der Waals surface area contributed by atoms with Gasteiger partial charge in [-0.2, -0.15) is 0 Å². The molecule has 0 bridgehead atoms. The highest BCUT2D eigenvalue weighted by Gasteiger charge is 2.23. The number of hydrogen-bond donors (Lipinski definition) is 1. The van der Waals surface area contributed by atoms with Crippen LogP contribution in [0.25, 0.3) is 0 Å². The summed E-state index contributed by atoms with van der Waals surface area (Å²) in [5.41, 5.74) is -0.00242. The zero-order valence-corrected chi connectivity index (χ0v) is 16.1. The fourth-order valence-electron chi connectivity index (χ4n) is 2.30. The maximum atomic E-state index is 13.3. The van der Waals surface area contributed by atoms with E-state index in [-0.39, 0.29) is 22.0 Å². The Morgan fingerprint density at radius 1 is 0.963 bits per heavy atom. The quantitative estimate of drug-likeness (QED) is 0.622. The van der Waals surface area contributed by atoms with Gasteiger partial charge in [0.15, 0.2) is 0 Å². The second kappa shape index (κ2) is 7.89. The maximum Gasteiger partial charge on any atom is 0.268 e. The van der Waals surface area contributed by atoms with Crippen LogP contribution in [0.3, 0.4) is 0 Å². The molecule has 8 heteroatoms. The van der Waals surface area contributed by atoms with E-state index in [0.717, 1.165) is 6.07 Å². The largest absolute Gasteiger partial charge is 0.456 e. The van der Waals surface area contributed by atoms with E-state index in [1.165, 1.54) is 36.4 Å². The molecule has 5 nitrogen and oxygen atoms in total. The lowest BCUT2D eigenvalue weighted by molar-refractivity contribution is 0.0979. The Balaban J connectivity index is 1.89. The molecule has 0 radical (unpaired) electrons. The number of carbonyl (C=O) groups is 1. The summed E-state index contributed by atoms with van der Waals surface area (Å²) in [6.07, 6.45) is 0. The van der Waals surface area contributed by atoms with Crippen molar-refractivity contribution in [1.29, 1.82) is 0 Å². The minimum Gasteiger partial charge on any atom is -0.456 e. The highest BCUT2D eigenvalue weighted by Crippen LogP contribution is 2.27. The van der Waals surface area contributed by atoms with Crippen LogP contribution in [0.4, 0.5) is 4.39 Å². The van der Waals surface area contributed by atoms with E-state index >= 15 is 0 Å². The minimum atomic E-state index is -4.10. The molecule has 0 atom stereocenters. The topological polar surface area (TPSA) is 72.5 Å². The summed E-state index contributed by atoms with van der Waals surface area (Å²) in [6, 6.07) is 17.6. The van der Waals surface area contributed by atoms with Crippen LogP contribution in [0.15, 0.2) is 82.2 Å². The Hall–Kier alpha value is -2.71. The molecule has 0 saturated heterocycles. The number of benzene rings is 3. The number of hydrogen-bond acceptors (Lipinski definition) is 4. The van der Waals surface area contributed by atoms with Gasteiger partial charge in [-0.3, -0.25) is 4.79 Å². The summed E-state index contributed by atoms with van der Waals surface area (Å²) in [4.78, 5) is 12.5. The van der Waals surface area contributed by atoms with Gasteiger partial charge in [0.25, 0.3) is 15.9 Å². The second-order valence-corrected chi connectivity index (χ2v) is 7.93. The first-order chi connectivity index (χ1) is 12.9. The Labute approximate surface area is 164 Å². The molecule has 0 aromatic heterocycles. The molecule has 0 aliphatic heterocycles. The van der Waals surface area contributed by atoms with Crippen LogP contribution in [0.1, 0.15) is 10.4 Å². The van der Waals surface area contributed by atoms with E-state index < -0.39 is 21.7 Å². The van der Waals surface area contributed by atoms with Gasteiger partial charge in [-0.15, -0.1) is 0 Å². The Kier molecular flexibility index (Phi) is 5.57. The number of ether oxygens (including phenoxy) is 1. The normalized spacial score (nSPS) is 11.0. The summed E-state index contributed by atoms with van der Waals surface area (Å²) in [5, 5.41) is 0. The van der Waals surface area contributed by atoms with Gasteiger partial charge in [0.05, 0.1) is 5.56 Å². The second-order valence-electron chi connectivity index (χ2n) is 5.42. The van der Waals surface area contributed by atoms with Crippen molar-refractivity contribution in [1.82, 2.24) is 4.72 Å². The van der Waals surface area contributed by atoms with Gasteiger partial charge >= 0.3 is 0 Å². The number of para-hydroxylation sites is 1. The molecule has 138 valence electrons. The zero-order valence-electron chi connectivity index (χ0n) is 13.7. The summed E-state index contributed by atoms with van der Waals surface area (Å²) >= 11 is 3.15. The predicted molar refractivity (Wildman–Crippen MR) is 102 cm³/mol. The van der Waals surface area contributed by atoms with Gasteiger partial charge < -0.3 is 4.74 Å². The van der Waals surface area contributed by atoms with Crippen molar-refractivity contribution in [2.24, 2.45) is 0 Å². The lowest BCUT2D eigenvalue weighted by Gasteiger charge is -2.12. The van der Waals surface area contributed by atoms with E-state index in [9.17, 15) is 17.6 Å². The Bertz CT molecular complexity index is 1100. The van der Waals surface area contributed by atoms with Crippen molar-refractivity contribution in [3.05, 3.63) is 88.6 Å². The third-order valence-corrected chi connectivity index (χ3v) is 5.85. The van der Waals surface area contributed by atoms with Gasteiger partial charge in [-0.1, -0.05) is 30.3 Å². The van der Waals surface area contributed by atoms with Crippen LogP contribution in [0, 0.1) is 5.82 Å². The maximum absolute atomic E-state index is 13.3. The van der Waals surface area contributed by atoms with E-state index in [0.29, 0.717) is 4.47 Å². The molecule has 1 N–H and O–H groups in total. The number of carbonyl (C=O) groups excluding carboxylic acids is 1. The van der Waals surface area contributed by atoms with Crippen LogP contribution in [-0.4, -0.2) is 14.3 Å². The summed E-state index contributed by atoms with van der Waals surface area (Å²) < 4.78 is 46.2. The molecular formula is C19H13BrFNO4S. The third-order valence-electron chi connectivity index (χ3n) is 3.51. The van der Waals surface area contributed by atoms with E-state index in [1.807, 2.05) is 4.72 Å². The minimum absolute atomic E-state index is 0.00242. The molecule has 0 fully saturated rings. The molecule has 0 aliphatic rings. The Morgan fingerprint density at radius 2 is 1.67 bits per heavy atom. The highest BCUT2D eigenvalue weighted by atomic mass is 79.9. The van der Waals surface area contributed by atoms with Crippen LogP contribution in [0.2, 0.25) is 0 Å². The molecule has 1 amide bonds. The molecular weight excluding hydrogens is 437 g/mol. The molecule has 0 unspecified atom stereocenters. The summed E-state index contributed by atoms with van der Waals surface area (Å²) in [6.45, 7) is 0. The van der Waals surface area contributed by atoms with Crippen molar-refractivity contribution < 1.29 is 22.3 Å². The smallest absolute Gasteiger partial charge is 0.268 e. The molecule has 0 heterocycles. The number of sulfonamides is 1. The van der Waals surface area contributed by atoms with Crippen molar-refractivity contribution in [2.45, 2.75) is 4.90 Å². The molecule has 3 aromatic carbocycles. The number of rotatable bonds is 5. The van der Waals surface area contributed by atoms with Gasteiger partial charge in [0.2, 0.25) is 0 Å². The van der Waals surface area contributed by atoms with Gasteiger partial charge in [-0.05, 0) is 52.3 Å². The molecule has 0 aliphatic carbocycles. The average molecular weight is 450 g/mol. The van der Waals surface area contributed by atoms with E-state index in [4.69, 9.17) is 4.74 Å². The van der Waals surface area contributed by atoms with Crippen molar-refractivity contribution in [3.8, 4) is 11.5 Å². The SMILES string of the molecule is O=C(NS(=O)(=O)c1ccccc1Br)c1ccccc1Oc1cccc(F)c1. The standard InChI is InChI=1S/C19H13BrFNO4S/c20-16-9-2-4-11-18(16)27(24,25)22-19(23)15-8-1-3-10-17(15)26-14-7-5-6-13(21)12-14/h1-12H,(H,22,23). The van der Waals surface area contributed by atoms with Crippen molar-refractivity contribution >= 4 is 31.9 Å². The fraction of sp³-hybridized carbons (Fsp3) is 0. The van der Waals surface area contributed by atoms with Gasteiger partial charge in [0.1, 0.15) is 22.2 Å². The van der Waals surface area contributed by atoms with Crippen LogP contribution < -0.4 is 9.46 Å². The average Bonchev–Trinajstić information content (AvgIpc) is 2.62. The Morgan fingerprint density at radius 3 is 2.41 bits per heavy atom. The lowest BCUT2D eigenvalue weighted by atomic mass is 10.2. The lowest BCUT2D eigenvalue weighted by Crippen LogP contribution is -2.31. The van der Waals surface area contributed by atoms with Gasteiger partial charge in [-0.25, -0.2) is 17.5 Å². The first kappa shape index (κ1) is 19.1. The number of amides is 1. The van der Waals surface area contributed by atoms with Gasteiger partial charge in [0, 0.05) is 10.5 Å². The zero-order chi connectivity index (χ0) is 19.4. The molecule has 3 aromatic rings. The predicted octanol–water partition coefficient (Wildman–Crippen LogP) is 4.50. The van der Waals surface area contributed by atoms with Crippen LogP contribution in [-0.2, 0) is 10.0 Å².